The first kappa shape index (κ1) is 11.8. The molecule has 0 aromatic heterocycles. The van der Waals surface area contributed by atoms with Crippen molar-refractivity contribution in [2.75, 3.05) is 40.0 Å². The van der Waals surface area contributed by atoms with Gasteiger partial charge in [-0.1, -0.05) is 0 Å². The van der Waals surface area contributed by atoms with Crippen LogP contribution in [0.15, 0.2) is 0 Å². The van der Waals surface area contributed by atoms with Crippen LogP contribution in [0.4, 0.5) is 0 Å². The Labute approximate surface area is 71.9 Å². The lowest BCUT2D eigenvalue weighted by Crippen LogP contribution is -2.56. The second-order valence-electron chi connectivity index (χ2n) is 2.84. The van der Waals surface area contributed by atoms with E-state index in [1.165, 1.54) is 4.90 Å². The number of hydrogen-bond donors (Lipinski definition) is 4. The summed E-state index contributed by atoms with van der Waals surface area (Å²) in [7, 11) is 1.62. The third-order valence-corrected chi connectivity index (χ3v) is 2.13. The van der Waals surface area contributed by atoms with Crippen LogP contribution >= 0.6 is 0 Å². The number of aliphatic hydroxyl groups is 4. The number of nitrogens with zero attached hydrogens (tertiary/aromatic N) is 1. The maximum Gasteiger partial charge on any atom is 0.0904 e. The third kappa shape index (κ3) is 2.40. The quantitative estimate of drug-likeness (QED) is 0.366. The van der Waals surface area contributed by atoms with Crippen molar-refractivity contribution in [3.63, 3.8) is 0 Å². The van der Waals surface area contributed by atoms with E-state index in [0.29, 0.717) is 6.54 Å². The molecule has 0 heterocycles. The zero-order valence-corrected chi connectivity index (χ0v) is 7.27. The highest BCUT2D eigenvalue weighted by Crippen LogP contribution is 2.10. The molecular weight excluding hydrogens is 162 g/mol. The van der Waals surface area contributed by atoms with E-state index in [1.54, 1.807) is 7.05 Å². The normalized spacial score (nSPS) is 12.5. The Bertz CT molecular complexity index is 108. The van der Waals surface area contributed by atoms with E-state index in [-0.39, 0.29) is 26.4 Å². The van der Waals surface area contributed by atoms with E-state index < -0.39 is 5.54 Å². The fourth-order valence-electron chi connectivity index (χ4n) is 0.899. The van der Waals surface area contributed by atoms with Crippen LogP contribution in [0, 0.1) is 0 Å². The first-order valence-corrected chi connectivity index (χ1v) is 3.81. The minimum Gasteiger partial charge on any atom is -0.395 e. The molecule has 0 atom stereocenters. The molecule has 0 radical (unpaired) electrons. The van der Waals surface area contributed by atoms with Gasteiger partial charge in [0.05, 0.1) is 32.0 Å². The van der Waals surface area contributed by atoms with Gasteiger partial charge in [-0.05, 0) is 7.05 Å². The smallest absolute Gasteiger partial charge is 0.0904 e. The van der Waals surface area contributed by atoms with Crippen molar-refractivity contribution in [1.82, 2.24) is 4.90 Å². The van der Waals surface area contributed by atoms with Crippen LogP contribution in [0.2, 0.25) is 0 Å². The molecule has 0 saturated carbocycles. The van der Waals surface area contributed by atoms with Gasteiger partial charge >= 0.3 is 0 Å². The van der Waals surface area contributed by atoms with E-state index in [9.17, 15) is 0 Å². The molecule has 0 aliphatic rings. The van der Waals surface area contributed by atoms with Crippen molar-refractivity contribution in [3.8, 4) is 0 Å². The van der Waals surface area contributed by atoms with Crippen molar-refractivity contribution >= 4 is 0 Å². The summed E-state index contributed by atoms with van der Waals surface area (Å²) in [6.07, 6.45) is 0. The van der Waals surface area contributed by atoms with Gasteiger partial charge in [0.25, 0.3) is 0 Å². The maximum atomic E-state index is 8.93. The van der Waals surface area contributed by atoms with E-state index >= 15 is 0 Å². The van der Waals surface area contributed by atoms with Gasteiger partial charge in [0.15, 0.2) is 0 Å². The van der Waals surface area contributed by atoms with Crippen molar-refractivity contribution in [3.05, 3.63) is 0 Å². The van der Waals surface area contributed by atoms with Gasteiger partial charge in [0.2, 0.25) is 0 Å². The van der Waals surface area contributed by atoms with Gasteiger partial charge in [0.1, 0.15) is 0 Å². The Balaban J connectivity index is 4.24. The molecule has 0 bridgehead atoms. The molecule has 0 amide bonds. The third-order valence-electron chi connectivity index (χ3n) is 2.13. The lowest BCUT2D eigenvalue weighted by Gasteiger charge is -2.36. The Hall–Kier alpha value is -0.200. The topological polar surface area (TPSA) is 84.2 Å². The summed E-state index contributed by atoms with van der Waals surface area (Å²) in [6.45, 7) is -0.774. The van der Waals surface area contributed by atoms with Crippen LogP contribution in [-0.4, -0.2) is 70.9 Å². The van der Waals surface area contributed by atoms with E-state index in [2.05, 4.69) is 0 Å². The fraction of sp³-hybridized carbons (Fsp3) is 1.00. The molecule has 5 heteroatoms. The molecule has 0 unspecified atom stereocenters. The Morgan fingerprint density at radius 2 is 1.42 bits per heavy atom. The van der Waals surface area contributed by atoms with Crippen LogP contribution in [-0.2, 0) is 0 Å². The van der Waals surface area contributed by atoms with Gasteiger partial charge in [-0.2, -0.15) is 0 Å². The van der Waals surface area contributed by atoms with Crippen LogP contribution < -0.4 is 0 Å². The van der Waals surface area contributed by atoms with Crippen LogP contribution in [0.5, 0.6) is 0 Å². The van der Waals surface area contributed by atoms with Crippen molar-refractivity contribution < 1.29 is 20.4 Å². The molecule has 0 spiro atoms. The summed E-state index contributed by atoms with van der Waals surface area (Å²) < 4.78 is 0. The summed E-state index contributed by atoms with van der Waals surface area (Å²) in [4.78, 5) is 1.53. The van der Waals surface area contributed by atoms with Crippen molar-refractivity contribution in [1.29, 1.82) is 0 Å². The summed E-state index contributed by atoms with van der Waals surface area (Å²) in [5.74, 6) is 0. The lowest BCUT2D eigenvalue weighted by atomic mass is 10.0. The Kier molecular flexibility index (Phi) is 5.36. The summed E-state index contributed by atoms with van der Waals surface area (Å²) in [6, 6.07) is 0. The van der Waals surface area contributed by atoms with E-state index in [1.807, 2.05) is 0 Å². The van der Waals surface area contributed by atoms with Gasteiger partial charge in [-0.15, -0.1) is 0 Å². The molecule has 5 nitrogen and oxygen atoms in total. The second-order valence-corrected chi connectivity index (χ2v) is 2.84. The Morgan fingerprint density at radius 1 is 1.00 bits per heavy atom. The molecule has 4 N–H and O–H groups in total. The van der Waals surface area contributed by atoms with Crippen molar-refractivity contribution in [2.45, 2.75) is 5.54 Å². The van der Waals surface area contributed by atoms with Gasteiger partial charge in [-0.25, -0.2) is 0 Å². The minimum absolute atomic E-state index is 0.0712. The van der Waals surface area contributed by atoms with E-state index in [0.717, 1.165) is 0 Å². The average Bonchev–Trinajstić information content (AvgIpc) is 2.09. The summed E-state index contributed by atoms with van der Waals surface area (Å²) >= 11 is 0. The van der Waals surface area contributed by atoms with Crippen LogP contribution in [0.25, 0.3) is 0 Å². The number of rotatable bonds is 6. The number of β-amino-alcohol motifs (C(OH)–C–C–N with tert-alkyl or cyclic N) is 1. The maximum absolute atomic E-state index is 8.93. The zero-order chi connectivity index (χ0) is 9.61. The number of aliphatic hydroxyl groups excluding tert-OH is 4. The van der Waals surface area contributed by atoms with Gasteiger partial charge in [-0.3, -0.25) is 4.90 Å². The van der Waals surface area contributed by atoms with Gasteiger partial charge < -0.3 is 20.4 Å². The molecule has 0 aromatic carbocycles. The molecule has 0 aliphatic heterocycles. The minimum atomic E-state index is -1.03. The predicted molar refractivity (Wildman–Crippen MR) is 43.7 cm³/mol. The highest BCUT2D eigenvalue weighted by molar-refractivity contribution is 4.87. The average molecular weight is 179 g/mol. The molecule has 0 aromatic rings. The molecule has 0 fully saturated rings. The standard InChI is InChI=1S/C7H17NO4/c1-8(2-3-9)7(4-10,5-11)6-12/h9-12H,2-6H2,1H3. The molecule has 0 saturated heterocycles. The first-order chi connectivity index (χ1) is 5.66. The van der Waals surface area contributed by atoms with Gasteiger partial charge in [0, 0.05) is 6.54 Å². The van der Waals surface area contributed by atoms with Crippen LogP contribution in [0.3, 0.4) is 0 Å². The number of hydrogen-bond acceptors (Lipinski definition) is 5. The molecule has 0 aliphatic carbocycles. The SMILES string of the molecule is CN(CCO)C(CO)(CO)CO. The monoisotopic (exact) mass is 179 g/mol. The molecular formula is C7H17NO4. The molecule has 12 heavy (non-hydrogen) atoms. The number of likely N-dealkylation sites (N-methyl/N-ethyl adjacent to an activating group) is 1. The van der Waals surface area contributed by atoms with E-state index in [4.69, 9.17) is 20.4 Å². The highest BCUT2D eigenvalue weighted by Gasteiger charge is 2.32. The summed E-state index contributed by atoms with van der Waals surface area (Å²) in [5, 5.41) is 35.4. The zero-order valence-electron chi connectivity index (χ0n) is 7.27. The Morgan fingerprint density at radius 3 is 1.67 bits per heavy atom. The predicted octanol–water partition coefficient (Wildman–Crippen LogP) is -2.37. The first-order valence-electron chi connectivity index (χ1n) is 3.81. The second kappa shape index (κ2) is 5.45. The highest BCUT2D eigenvalue weighted by atomic mass is 16.3. The largest absolute Gasteiger partial charge is 0.395 e. The molecule has 0 rings (SSSR count). The lowest BCUT2D eigenvalue weighted by molar-refractivity contribution is -0.0397. The van der Waals surface area contributed by atoms with Crippen LogP contribution in [0.1, 0.15) is 0 Å². The fourth-order valence-corrected chi connectivity index (χ4v) is 0.899. The van der Waals surface area contributed by atoms with Crippen molar-refractivity contribution in [2.24, 2.45) is 0 Å². The molecule has 74 valence electrons. The summed E-state index contributed by atoms with van der Waals surface area (Å²) in [5.41, 5.74) is -1.03.